The summed E-state index contributed by atoms with van der Waals surface area (Å²) in [5.41, 5.74) is 6.96. The van der Waals surface area contributed by atoms with E-state index >= 15 is 0 Å². The maximum absolute atomic E-state index is 12.4. The number of ether oxygens (including phenoxy) is 2. The zero-order valence-electron chi connectivity index (χ0n) is 12.0. The third kappa shape index (κ3) is 3.11. The molecule has 2 atom stereocenters. The Labute approximate surface area is 119 Å². The molecule has 0 radical (unpaired) electrons. The maximum atomic E-state index is 12.4. The molecule has 110 valence electrons. The molecule has 5 heteroatoms. The SMILES string of the molecule is COCC(N)C(=O)N1CCCC1c1cccc(OC)c1. The van der Waals surface area contributed by atoms with Crippen molar-refractivity contribution in [2.45, 2.75) is 24.9 Å². The van der Waals surface area contributed by atoms with Crippen molar-refractivity contribution in [3.63, 3.8) is 0 Å². The highest BCUT2D eigenvalue weighted by Crippen LogP contribution is 2.33. The van der Waals surface area contributed by atoms with E-state index in [0.29, 0.717) is 0 Å². The molecule has 0 bridgehead atoms. The van der Waals surface area contributed by atoms with Crippen LogP contribution in [0.1, 0.15) is 24.4 Å². The van der Waals surface area contributed by atoms with E-state index < -0.39 is 6.04 Å². The van der Waals surface area contributed by atoms with Gasteiger partial charge in [0.2, 0.25) is 5.91 Å². The first kappa shape index (κ1) is 14.8. The molecule has 1 aliphatic heterocycles. The van der Waals surface area contributed by atoms with Gasteiger partial charge in [0.15, 0.2) is 0 Å². The van der Waals surface area contributed by atoms with Gasteiger partial charge in [-0.2, -0.15) is 0 Å². The topological polar surface area (TPSA) is 64.8 Å². The average molecular weight is 278 g/mol. The number of hydrogen-bond donors (Lipinski definition) is 1. The largest absolute Gasteiger partial charge is 0.497 e. The van der Waals surface area contributed by atoms with Crippen molar-refractivity contribution >= 4 is 5.91 Å². The number of carbonyl (C=O) groups excluding carboxylic acids is 1. The van der Waals surface area contributed by atoms with Gasteiger partial charge in [-0.3, -0.25) is 4.79 Å². The highest BCUT2D eigenvalue weighted by atomic mass is 16.5. The molecule has 0 spiro atoms. The summed E-state index contributed by atoms with van der Waals surface area (Å²) in [5, 5.41) is 0. The van der Waals surface area contributed by atoms with Gasteiger partial charge in [-0.25, -0.2) is 0 Å². The van der Waals surface area contributed by atoms with E-state index in [9.17, 15) is 4.79 Å². The Hall–Kier alpha value is -1.59. The molecule has 0 aliphatic carbocycles. The highest BCUT2D eigenvalue weighted by molar-refractivity contribution is 5.82. The average Bonchev–Trinajstić information content (AvgIpc) is 2.96. The molecule has 1 aromatic carbocycles. The lowest BCUT2D eigenvalue weighted by atomic mass is 10.0. The number of hydrogen-bond acceptors (Lipinski definition) is 4. The summed E-state index contributed by atoms with van der Waals surface area (Å²) in [4.78, 5) is 14.2. The van der Waals surface area contributed by atoms with Crippen molar-refractivity contribution in [1.82, 2.24) is 4.90 Å². The minimum absolute atomic E-state index is 0.0443. The van der Waals surface area contributed by atoms with Crippen LogP contribution in [-0.4, -0.2) is 44.2 Å². The Kier molecular flexibility index (Phi) is 4.98. The first-order valence-electron chi connectivity index (χ1n) is 6.86. The van der Waals surface area contributed by atoms with E-state index in [2.05, 4.69) is 0 Å². The van der Waals surface area contributed by atoms with Crippen molar-refractivity contribution in [2.75, 3.05) is 27.4 Å². The van der Waals surface area contributed by atoms with Crippen molar-refractivity contribution < 1.29 is 14.3 Å². The van der Waals surface area contributed by atoms with E-state index in [4.69, 9.17) is 15.2 Å². The molecular weight excluding hydrogens is 256 g/mol. The fourth-order valence-corrected chi connectivity index (χ4v) is 2.69. The van der Waals surface area contributed by atoms with E-state index in [1.165, 1.54) is 0 Å². The number of carbonyl (C=O) groups is 1. The van der Waals surface area contributed by atoms with Crippen molar-refractivity contribution in [3.8, 4) is 5.75 Å². The highest BCUT2D eigenvalue weighted by Gasteiger charge is 2.32. The molecule has 1 fully saturated rings. The fourth-order valence-electron chi connectivity index (χ4n) is 2.69. The summed E-state index contributed by atoms with van der Waals surface area (Å²) in [6.45, 7) is 0.998. The lowest BCUT2D eigenvalue weighted by Gasteiger charge is -2.27. The molecule has 1 aromatic rings. The molecular formula is C15H22N2O3. The van der Waals surface area contributed by atoms with Crippen LogP contribution in [0.3, 0.4) is 0 Å². The van der Waals surface area contributed by atoms with E-state index in [0.717, 1.165) is 30.7 Å². The lowest BCUT2D eigenvalue weighted by molar-refractivity contribution is -0.134. The normalized spacial score (nSPS) is 19.9. The Balaban J connectivity index is 2.16. The monoisotopic (exact) mass is 278 g/mol. The fraction of sp³-hybridized carbons (Fsp3) is 0.533. The molecule has 1 aliphatic rings. The zero-order valence-corrected chi connectivity index (χ0v) is 12.0. The molecule has 2 rings (SSSR count). The lowest BCUT2D eigenvalue weighted by Crippen LogP contribution is -2.45. The maximum Gasteiger partial charge on any atom is 0.242 e. The second-order valence-electron chi connectivity index (χ2n) is 5.03. The number of benzene rings is 1. The predicted octanol–water partition coefficient (Wildman–Crippen LogP) is 1.33. The summed E-state index contributed by atoms with van der Waals surface area (Å²) in [5.74, 6) is 0.764. The third-order valence-electron chi connectivity index (χ3n) is 3.68. The van der Waals surface area contributed by atoms with Gasteiger partial charge in [0.25, 0.3) is 0 Å². The molecule has 0 saturated carbocycles. The van der Waals surface area contributed by atoms with Crippen LogP contribution in [0.2, 0.25) is 0 Å². The minimum atomic E-state index is -0.591. The van der Waals surface area contributed by atoms with Crippen LogP contribution in [0.5, 0.6) is 5.75 Å². The van der Waals surface area contributed by atoms with Crippen molar-refractivity contribution in [3.05, 3.63) is 29.8 Å². The first-order chi connectivity index (χ1) is 9.67. The van der Waals surface area contributed by atoms with Gasteiger partial charge in [0, 0.05) is 13.7 Å². The number of methoxy groups -OCH3 is 2. The van der Waals surface area contributed by atoms with Crippen LogP contribution in [0.15, 0.2) is 24.3 Å². The number of nitrogens with zero attached hydrogens (tertiary/aromatic N) is 1. The quantitative estimate of drug-likeness (QED) is 0.882. The van der Waals surface area contributed by atoms with Gasteiger partial charge in [-0.1, -0.05) is 12.1 Å². The summed E-state index contributed by atoms with van der Waals surface area (Å²) in [6, 6.07) is 7.36. The van der Waals surface area contributed by atoms with E-state index in [1.54, 1.807) is 14.2 Å². The number of nitrogens with two attached hydrogens (primary N) is 1. The van der Waals surface area contributed by atoms with E-state index in [1.807, 2.05) is 29.2 Å². The number of rotatable bonds is 5. The van der Waals surface area contributed by atoms with Crippen molar-refractivity contribution in [2.24, 2.45) is 5.73 Å². The summed E-state index contributed by atoms with van der Waals surface area (Å²) >= 11 is 0. The minimum Gasteiger partial charge on any atom is -0.497 e. The van der Waals surface area contributed by atoms with Gasteiger partial charge in [0.05, 0.1) is 19.8 Å². The van der Waals surface area contributed by atoms with Gasteiger partial charge in [-0.05, 0) is 30.5 Å². The third-order valence-corrected chi connectivity index (χ3v) is 3.68. The summed E-state index contributed by atoms with van der Waals surface area (Å²) < 4.78 is 10.2. The van der Waals surface area contributed by atoms with Crippen LogP contribution in [0.4, 0.5) is 0 Å². The number of amides is 1. The Morgan fingerprint density at radius 2 is 2.30 bits per heavy atom. The second-order valence-corrected chi connectivity index (χ2v) is 5.03. The molecule has 2 N–H and O–H groups in total. The molecule has 2 unspecified atom stereocenters. The smallest absolute Gasteiger partial charge is 0.242 e. The summed E-state index contributed by atoms with van der Waals surface area (Å²) in [6.07, 6.45) is 1.95. The predicted molar refractivity (Wildman–Crippen MR) is 76.5 cm³/mol. The van der Waals surface area contributed by atoms with Crippen LogP contribution >= 0.6 is 0 Å². The zero-order chi connectivity index (χ0) is 14.5. The second kappa shape index (κ2) is 6.72. The summed E-state index contributed by atoms with van der Waals surface area (Å²) in [7, 11) is 3.20. The standard InChI is InChI=1S/C15H22N2O3/c1-19-10-13(16)15(18)17-8-4-7-14(17)11-5-3-6-12(9-11)20-2/h3,5-6,9,13-14H,4,7-8,10,16H2,1-2H3. The molecule has 5 nitrogen and oxygen atoms in total. The molecule has 1 heterocycles. The van der Waals surface area contributed by atoms with Gasteiger partial charge >= 0.3 is 0 Å². The Morgan fingerprint density at radius 3 is 3.00 bits per heavy atom. The van der Waals surface area contributed by atoms with Crippen LogP contribution < -0.4 is 10.5 Å². The molecule has 20 heavy (non-hydrogen) atoms. The molecule has 1 amide bonds. The van der Waals surface area contributed by atoms with Crippen LogP contribution in [0, 0.1) is 0 Å². The van der Waals surface area contributed by atoms with Crippen LogP contribution in [-0.2, 0) is 9.53 Å². The Morgan fingerprint density at radius 1 is 1.50 bits per heavy atom. The molecule has 1 saturated heterocycles. The number of likely N-dealkylation sites (tertiary alicyclic amines) is 1. The van der Waals surface area contributed by atoms with Gasteiger partial charge in [-0.15, -0.1) is 0 Å². The van der Waals surface area contributed by atoms with Crippen LogP contribution in [0.25, 0.3) is 0 Å². The van der Waals surface area contributed by atoms with Gasteiger partial charge in [0.1, 0.15) is 11.8 Å². The Bertz CT molecular complexity index is 464. The first-order valence-corrected chi connectivity index (χ1v) is 6.86. The van der Waals surface area contributed by atoms with Crippen molar-refractivity contribution in [1.29, 1.82) is 0 Å². The van der Waals surface area contributed by atoms with E-state index in [-0.39, 0.29) is 18.6 Å². The molecule has 0 aromatic heterocycles. The van der Waals surface area contributed by atoms with Gasteiger partial charge < -0.3 is 20.1 Å².